The first-order chi connectivity index (χ1) is 16.4. The van der Waals surface area contributed by atoms with Gasteiger partial charge < -0.3 is 18.6 Å². The van der Waals surface area contributed by atoms with Gasteiger partial charge >= 0.3 is 12.2 Å². The van der Waals surface area contributed by atoms with E-state index in [9.17, 15) is 21.8 Å². The Bertz CT molecular complexity index is 1500. The molecule has 0 saturated heterocycles. The van der Waals surface area contributed by atoms with Crippen molar-refractivity contribution in [3.63, 3.8) is 0 Å². The number of hydrogen-bond donors (Lipinski definition) is 0. The van der Waals surface area contributed by atoms with Gasteiger partial charge in [0, 0.05) is 42.0 Å². The number of alkyl halides is 4. The van der Waals surface area contributed by atoms with Gasteiger partial charge in [-0.1, -0.05) is 35.0 Å². The Morgan fingerprint density at radius 3 is 2.14 bits per heavy atom. The van der Waals surface area contributed by atoms with Crippen LogP contribution < -0.4 is 9.47 Å². The number of aromatic nitrogens is 4. The highest BCUT2D eigenvalue weighted by Gasteiger charge is 2.66. The van der Waals surface area contributed by atoms with E-state index in [-0.39, 0.29) is 11.3 Å². The molecule has 2 aromatic heterocycles. The summed E-state index contributed by atoms with van der Waals surface area (Å²) in [6.45, 7) is 1.77. The predicted octanol–water partition coefficient (Wildman–Crippen LogP) is 5.49. The molecular formula is C22H17BrF4N4O3S. The summed E-state index contributed by atoms with van der Waals surface area (Å²) in [5, 5.41) is 0.416. The van der Waals surface area contributed by atoms with E-state index in [0.29, 0.717) is 27.8 Å². The summed E-state index contributed by atoms with van der Waals surface area (Å²) in [7, 11) is 1.92. The predicted molar refractivity (Wildman–Crippen MR) is 124 cm³/mol. The monoisotopic (exact) mass is 572 g/mol. The van der Waals surface area contributed by atoms with Crippen molar-refractivity contribution in [1.82, 2.24) is 19.1 Å². The summed E-state index contributed by atoms with van der Waals surface area (Å²) in [4.78, 5) is 9.21. The molecule has 0 spiro atoms. The van der Waals surface area contributed by atoms with Gasteiger partial charge in [0.05, 0.1) is 21.8 Å². The number of fused-ring (bicyclic) bond motifs is 2. The van der Waals surface area contributed by atoms with E-state index in [1.165, 1.54) is 0 Å². The zero-order valence-corrected chi connectivity index (χ0v) is 20.9. The molecule has 0 radical (unpaired) electrons. The topological polar surface area (TPSA) is 71.2 Å². The van der Waals surface area contributed by atoms with E-state index < -0.39 is 34.5 Å². The van der Waals surface area contributed by atoms with Crippen molar-refractivity contribution in [3.05, 3.63) is 40.9 Å². The molecule has 1 aliphatic heterocycles. The van der Waals surface area contributed by atoms with E-state index in [4.69, 9.17) is 4.98 Å². The fraction of sp³-hybridized carbons (Fsp3) is 0.273. The Labute approximate surface area is 207 Å². The lowest BCUT2D eigenvalue weighted by Crippen LogP contribution is -2.52. The van der Waals surface area contributed by atoms with Crippen LogP contribution in [-0.4, -0.2) is 41.3 Å². The highest BCUT2D eigenvalue weighted by molar-refractivity contribution is 9.10. The average Bonchev–Trinajstić information content (AvgIpc) is 3.29. The zero-order valence-electron chi connectivity index (χ0n) is 18.5. The summed E-state index contributed by atoms with van der Waals surface area (Å²) < 4.78 is 80.3. The lowest BCUT2D eigenvalue weighted by Gasteiger charge is -2.31. The lowest BCUT2D eigenvalue weighted by molar-refractivity contribution is -0.391. The second kappa shape index (κ2) is 8.05. The third-order valence-electron chi connectivity index (χ3n) is 5.60. The Kier molecular flexibility index (Phi) is 5.47. The van der Waals surface area contributed by atoms with Crippen molar-refractivity contribution in [1.29, 1.82) is 0 Å². The van der Waals surface area contributed by atoms with E-state index >= 15 is 0 Å². The third kappa shape index (κ3) is 3.71. The number of aryl methyl sites for hydroxylation is 1. The number of hydrogen-bond acceptors (Lipinski definition) is 5. The molecule has 7 nitrogen and oxygen atoms in total. The first kappa shape index (κ1) is 23.8. The summed E-state index contributed by atoms with van der Waals surface area (Å²) in [6.07, 6.45) is -9.67. The van der Waals surface area contributed by atoms with Crippen LogP contribution in [0.25, 0.3) is 33.9 Å². The largest absolute Gasteiger partial charge is 0.507 e. The van der Waals surface area contributed by atoms with Gasteiger partial charge in [-0.15, -0.1) is 0 Å². The van der Waals surface area contributed by atoms with Crippen LogP contribution in [0.1, 0.15) is 6.92 Å². The minimum absolute atomic E-state index is 0.190. The second-order valence-electron chi connectivity index (χ2n) is 7.81. The van der Waals surface area contributed by atoms with Crippen molar-refractivity contribution in [2.75, 3.05) is 5.75 Å². The molecule has 35 heavy (non-hydrogen) atoms. The van der Waals surface area contributed by atoms with Crippen molar-refractivity contribution >= 4 is 37.8 Å². The van der Waals surface area contributed by atoms with Gasteiger partial charge in [0.1, 0.15) is 16.5 Å². The summed E-state index contributed by atoms with van der Waals surface area (Å²) in [5.41, 5.74) is 1.60. The van der Waals surface area contributed by atoms with Crippen LogP contribution >= 0.6 is 15.9 Å². The lowest BCUT2D eigenvalue weighted by atomic mass is 10.2. The summed E-state index contributed by atoms with van der Waals surface area (Å²) >= 11 is 3.39. The molecule has 0 N–H and O–H groups in total. The van der Waals surface area contributed by atoms with Crippen LogP contribution in [0.3, 0.4) is 0 Å². The molecule has 0 fully saturated rings. The molecule has 3 heterocycles. The van der Waals surface area contributed by atoms with Crippen LogP contribution in [0.2, 0.25) is 0 Å². The molecule has 5 rings (SSSR count). The minimum atomic E-state index is -4.84. The van der Waals surface area contributed by atoms with E-state index in [2.05, 4.69) is 30.4 Å². The van der Waals surface area contributed by atoms with Crippen LogP contribution in [0.4, 0.5) is 17.6 Å². The maximum Gasteiger partial charge on any atom is 0.507 e. The maximum atomic E-state index is 13.7. The molecule has 13 heteroatoms. The standard InChI is InChI=1S/C22H17BrF4N4O3S/c1-4-35(32)20-17(29-18(31(20)3)11-5-7-12(23)8-6-11)19-28-13-9-15-16(10-14(13)30(19)2)34-22(26,27)21(24,25)33-15/h5-10H,4H2,1-3H3. The zero-order chi connectivity index (χ0) is 25.3. The normalized spacial score (nSPS) is 17.0. The molecule has 0 bridgehead atoms. The number of ether oxygens (including phenoxy) is 2. The Hall–Kier alpha value is -2.93. The molecule has 184 valence electrons. The van der Waals surface area contributed by atoms with Gasteiger partial charge in [0.2, 0.25) is 0 Å². The van der Waals surface area contributed by atoms with Crippen LogP contribution in [-0.2, 0) is 24.9 Å². The first-order valence-corrected chi connectivity index (χ1v) is 12.4. The van der Waals surface area contributed by atoms with Crippen molar-refractivity contribution in [3.8, 4) is 34.4 Å². The van der Waals surface area contributed by atoms with Gasteiger partial charge in [-0.05, 0) is 12.1 Å². The summed E-state index contributed by atoms with van der Waals surface area (Å²) in [6, 6.07) is 9.67. The fourth-order valence-electron chi connectivity index (χ4n) is 3.85. The SMILES string of the molecule is CCS(=O)c1c(-c2nc3cc4c(cc3n2C)OC(F)(F)C(F)(F)O4)nc(-c2ccc(Br)cc2)n1C. The van der Waals surface area contributed by atoms with E-state index in [0.717, 1.165) is 22.2 Å². The van der Waals surface area contributed by atoms with E-state index in [1.54, 1.807) is 30.2 Å². The molecular weight excluding hydrogens is 556 g/mol. The Balaban J connectivity index is 1.70. The second-order valence-corrected chi connectivity index (χ2v) is 10.4. The summed E-state index contributed by atoms with van der Waals surface area (Å²) in [5.74, 6) is 0.0262. The number of imidazole rings is 2. The van der Waals surface area contributed by atoms with Crippen LogP contribution in [0.15, 0.2) is 45.9 Å². The highest BCUT2D eigenvalue weighted by Crippen LogP contribution is 2.48. The van der Waals surface area contributed by atoms with E-state index in [1.807, 2.05) is 24.3 Å². The van der Waals surface area contributed by atoms with Gasteiger partial charge in [-0.2, -0.15) is 17.6 Å². The number of halogens is 5. The molecule has 1 atom stereocenters. The minimum Gasteiger partial charge on any atom is -0.421 e. The number of nitrogens with zero attached hydrogens (tertiary/aromatic N) is 4. The van der Waals surface area contributed by atoms with Crippen LogP contribution in [0.5, 0.6) is 11.5 Å². The molecule has 1 aliphatic rings. The van der Waals surface area contributed by atoms with Crippen molar-refractivity contribution in [2.45, 2.75) is 24.2 Å². The van der Waals surface area contributed by atoms with Gasteiger partial charge in [-0.3, -0.25) is 4.21 Å². The number of rotatable bonds is 4. The smallest absolute Gasteiger partial charge is 0.421 e. The molecule has 2 aromatic carbocycles. The first-order valence-electron chi connectivity index (χ1n) is 10.3. The molecule has 0 saturated carbocycles. The molecule has 4 aromatic rings. The van der Waals surface area contributed by atoms with Gasteiger partial charge in [0.15, 0.2) is 17.3 Å². The average molecular weight is 573 g/mol. The number of benzene rings is 2. The quantitative estimate of drug-likeness (QED) is 0.302. The maximum absolute atomic E-state index is 13.7. The molecule has 0 amide bonds. The molecule has 1 unspecified atom stereocenters. The Morgan fingerprint density at radius 2 is 1.54 bits per heavy atom. The van der Waals surface area contributed by atoms with Crippen molar-refractivity contribution < 1.29 is 31.2 Å². The van der Waals surface area contributed by atoms with Crippen LogP contribution in [0, 0.1) is 0 Å². The Morgan fingerprint density at radius 1 is 0.943 bits per heavy atom. The third-order valence-corrected chi connectivity index (χ3v) is 7.55. The van der Waals surface area contributed by atoms with Gasteiger partial charge in [0.25, 0.3) is 0 Å². The molecule has 0 aliphatic carbocycles. The highest BCUT2D eigenvalue weighted by atomic mass is 79.9. The fourth-order valence-corrected chi connectivity index (χ4v) is 5.13. The van der Waals surface area contributed by atoms with Crippen molar-refractivity contribution in [2.24, 2.45) is 14.1 Å². The van der Waals surface area contributed by atoms with Gasteiger partial charge in [-0.25, -0.2) is 9.97 Å².